The van der Waals surface area contributed by atoms with Gasteiger partial charge in [-0.05, 0) is 34.2 Å². The van der Waals surface area contributed by atoms with E-state index in [2.05, 4.69) is 57.2 Å². The topological polar surface area (TPSA) is 35.2 Å². The van der Waals surface area contributed by atoms with E-state index in [1.54, 1.807) is 0 Å². The Hall–Kier alpha value is -1.80. The third-order valence-electron chi connectivity index (χ3n) is 3.30. The lowest BCUT2D eigenvalue weighted by atomic mass is 9.86. The van der Waals surface area contributed by atoms with Gasteiger partial charge in [0, 0.05) is 6.54 Å². The Morgan fingerprint density at radius 3 is 2.25 bits per heavy atom. The minimum absolute atomic E-state index is 0.185. The molecule has 2 aromatic rings. The standard InChI is InChI=1S/C18H23NO/c1-18(2,3)16-9-7-14(8-10-16)15-5-4-6-17(13-15)20-12-11-19/h4-10,13H,11-12,19H2,1-3H3. The molecule has 106 valence electrons. The first-order chi connectivity index (χ1) is 9.50. The molecule has 2 aromatic carbocycles. The van der Waals surface area contributed by atoms with Crippen LogP contribution in [0.15, 0.2) is 48.5 Å². The van der Waals surface area contributed by atoms with Crippen LogP contribution < -0.4 is 10.5 Å². The van der Waals surface area contributed by atoms with Crippen molar-refractivity contribution in [1.29, 1.82) is 0 Å². The predicted molar refractivity (Wildman–Crippen MR) is 85.1 cm³/mol. The third-order valence-corrected chi connectivity index (χ3v) is 3.30. The van der Waals surface area contributed by atoms with Crippen LogP contribution in [-0.2, 0) is 5.41 Å². The van der Waals surface area contributed by atoms with Gasteiger partial charge in [-0.1, -0.05) is 57.2 Å². The molecule has 0 saturated carbocycles. The van der Waals surface area contributed by atoms with E-state index in [9.17, 15) is 0 Å². The van der Waals surface area contributed by atoms with Crippen LogP contribution in [0.3, 0.4) is 0 Å². The van der Waals surface area contributed by atoms with Crippen LogP contribution in [0.4, 0.5) is 0 Å². The maximum absolute atomic E-state index is 5.57. The van der Waals surface area contributed by atoms with Crippen LogP contribution in [0, 0.1) is 0 Å². The second-order valence-corrected chi connectivity index (χ2v) is 5.99. The molecule has 2 nitrogen and oxygen atoms in total. The van der Waals surface area contributed by atoms with E-state index in [1.807, 2.05) is 12.1 Å². The summed E-state index contributed by atoms with van der Waals surface area (Å²) < 4.78 is 5.57. The van der Waals surface area contributed by atoms with Crippen molar-refractivity contribution in [2.75, 3.05) is 13.2 Å². The summed E-state index contributed by atoms with van der Waals surface area (Å²) in [5, 5.41) is 0. The highest BCUT2D eigenvalue weighted by Crippen LogP contribution is 2.27. The number of hydrogen-bond donors (Lipinski definition) is 1. The Balaban J connectivity index is 2.23. The van der Waals surface area contributed by atoms with Gasteiger partial charge < -0.3 is 10.5 Å². The Morgan fingerprint density at radius 2 is 1.65 bits per heavy atom. The Morgan fingerprint density at radius 1 is 0.950 bits per heavy atom. The van der Waals surface area contributed by atoms with Crippen LogP contribution in [-0.4, -0.2) is 13.2 Å². The first-order valence-electron chi connectivity index (χ1n) is 7.04. The molecule has 0 radical (unpaired) electrons. The molecule has 0 heterocycles. The molecule has 0 saturated heterocycles. The molecule has 20 heavy (non-hydrogen) atoms. The van der Waals surface area contributed by atoms with Crippen molar-refractivity contribution in [2.24, 2.45) is 5.73 Å². The molecule has 0 amide bonds. The fraction of sp³-hybridized carbons (Fsp3) is 0.333. The quantitative estimate of drug-likeness (QED) is 0.911. The zero-order chi connectivity index (χ0) is 14.6. The molecule has 2 N–H and O–H groups in total. The van der Waals surface area contributed by atoms with Gasteiger partial charge in [-0.2, -0.15) is 0 Å². The average molecular weight is 269 g/mol. The summed E-state index contributed by atoms with van der Waals surface area (Å²) in [6.45, 7) is 7.76. The van der Waals surface area contributed by atoms with Crippen LogP contribution >= 0.6 is 0 Å². The summed E-state index contributed by atoms with van der Waals surface area (Å²) in [5.41, 5.74) is 9.36. The monoisotopic (exact) mass is 269 g/mol. The van der Waals surface area contributed by atoms with E-state index in [-0.39, 0.29) is 5.41 Å². The molecule has 0 aliphatic rings. The van der Waals surface area contributed by atoms with Gasteiger partial charge in [0.1, 0.15) is 12.4 Å². The number of rotatable bonds is 4. The molecule has 0 aliphatic heterocycles. The summed E-state index contributed by atoms with van der Waals surface area (Å²) in [5.74, 6) is 0.868. The third kappa shape index (κ3) is 3.61. The van der Waals surface area contributed by atoms with Gasteiger partial charge in [-0.15, -0.1) is 0 Å². The minimum Gasteiger partial charge on any atom is -0.492 e. The SMILES string of the molecule is CC(C)(C)c1ccc(-c2cccc(OCCN)c2)cc1. The van der Waals surface area contributed by atoms with Gasteiger partial charge in [0.15, 0.2) is 0 Å². The lowest BCUT2D eigenvalue weighted by molar-refractivity contribution is 0.328. The Bertz CT molecular complexity index is 552. The van der Waals surface area contributed by atoms with Crippen molar-refractivity contribution >= 4 is 0 Å². The molecule has 0 unspecified atom stereocenters. The molecule has 0 fully saturated rings. The van der Waals surface area contributed by atoms with Crippen LogP contribution in [0.2, 0.25) is 0 Å². The number of nitrogens with two attached hydrogens (primary N) is 1. The lowest BCUT2D eigenvalue weighted by Crippen LogP contribution is -2.10. The molecule has 0 aliphatic carbocycles. The molecule has 2 heteroatoms. The van der Waals surface area contributed by atoms with E-state index in [1.165, 1.54) is 16.7 Å². The van der Waals surface area contributed by atoms with Crippen LogP contribution in [0.1, 0.15) is 26.3 Å². The van der Waals surface area contributed by atoms with Crippen molar-refractivity contribution in [2.45, 2.75) is 26.2 Å². The highest BCUT2D eigenvalue weighted by molar-refractivity contribution is 5.65. The van der Waals surface area contributed by atoms with Gasteiger partial charge in [0.05, 0.1) is 0 Å². The highest BCUT2D eigenvalue weighted by atomic mass is 16.5. The Labute approximate surface area is 121 Å². The zero-order valence-corrected chi connectivity index (χ0v) is 12.5. The largest absolute Gasteiger partial charge is 0.492 e. The average Bonchev–Trinajstić information content (AvgIpc) is 2.45. The fourth-order valence-electron chi connectivity index (χ4n) is 2.10. The number of benzene rings is 2. The van der Waals surface area contributed by atoms with Crippen LogP contribution in [0.25, 0.3) is 11.1 Å². The van der Waals surface area contributed by atoms with E-state index in [4.69, 9.17) is 10.5 Å². The molecule has 0 bridgehead atoms. The maximum Gasteiger partial charge on any atom is 0.119 e. The lowest BCUT2D eigenvalue weighted by Gasteiger charge is -2.19. The normalized spacial score (nSPS) is 11.4. The second kappa shape index (κ2) is 6.10. The van der Waals surface area contributed by atoms with Crippen molar-refractivity contribution in [3.8, 4) is 16.9 Å². The molecule has 0 spiro atoms. The van der Waals surface area contributed by atoms with Crippen LogP contribution in [0.5, 0.6) is 5.75 Å². The summed E-state index contributed by atoms with van der Waals surface area (Å²) >= 11 is 0. The molecular weight excluding hydrogens is 246 g/mol. The van der Waals surface area contributed by atoms with Crippen molar-refractivity contribution in [1.82, 2.24) is 0 Å². The number of hydrogen-bond acceptors (Lipinski definition) is 2. The summed E-state index contributed by atoms with van der Waals surface area (Å²) in [6.07, 6.45) is 0. The van der Waals surface area contributed by atoms with Gasteiger partial charge in [0.25, 0.3) is 0 Å². The first kappa shape index (κ1) is 14.6. The zero-order valence-electron chi connectivity index (χ0n) is 12.5. The summed E-state index contributed by atoms with van der Waals surface area (Å²) in [7, 11) is 0. The summed E-state index contributed by atoms with van der Waals surface area (Å²) in [6, 6.07) is 16.9. The van der Waals surface area contributed by atoms with Gasteiger partial charge in [0.2, 0.25) is 0 Å². The summed E-state index contributed by atoms with van der Waals surface area (Å²) in [4.78, 5) is 0. The van der Waals surface area contributed by atoms with Crippen molar-refractivity contribution in [3.05, 3.63) is 54.1 Å². The van der Waals surface area contributed by atoms with E-state index in [0.717, 1.165) is 5.75 Å². The van der Waals surface area contributed by atoms with Gasteiger partial charge in [-0.3, -0.25) is 0 Å². The highest BCUT2D eigenvalue weighted by Gasteiger charge is 2.13. The van der Waals surface area contributed by atoms with E-state index in [0.29, 0.717) is 13.2 Å². The van der Waals surface area contributed by atoms with Crippen molar-refractivity contribution < 1.29 is 4.74 Å². The second-order valence-electron chi connectivity index (χ2n) is 5.99. The van der Waals surface area contributed by atoms with Crippen molar-refractivity contribution in [3.63, 3.8) is 0 Å². The van der Waals surface area contributed by atoms with Gasteiger partial charge >= 0.3 is 0 Å². The minimum atomic E-state index is 0.185. The molecule has 0 aromatic heterocycles. The molecular formula is C18H23NO. The predicted octanol–water partition coefficient (Wildman–Crippen LogP) is 3.99. The number of ether oxygens (including phenoxy) is 1. The fourth-order valence-corrected chi connectivity index (χ4v) is 2.10. The first-order valence-corrected chi connectivity index (χ1v) is 7.04. The molecule has 0 atom stereocenters. The Kier molecular flexibility index (Phi) is 4.46. The molecule has 2 rings (SSSR count). The maximum atomic E-state index is 5.57. The van der Waals surface area contributed by atoms with E-state index >= 15 is 0 Å². The van der Waals surface area contributed by atoms with E-state index < -0.39 is 0 Å². The smallest absolute Gasteiger partial charge is 0.119 e. The van der Waals surface area contributed by atoms with Gasteiger partial charge in [-0.25, -0.2) is 0 Å².